The van der Waals surface area contributed by atoms with Crippen molar-refractivity contribution in [3.63, 3.8) is 0 Å². The van der Waals surface area contributed by atoms with E-state index in [1.165, 1.54) is 0 Å². The minimum atomic E-state index is 0.0304. The third-order valence-electron chi connectivity index (χ3n) is 2.96. The number of rotatable bonds is 5. The predicted molar refractivity (Wildman–Crippen MR) is 65.6 cm³/mol. The fourth-order valence-electron chi connectivity index (χ4n) is 1.71. The quantitative estimate of drug-likeness (QED) is 0.648. The molecule has 5 nitrogen and oxygen atoms in total. The molecule has 1 rings (SSSR count). The van der Waals surface area contributed by atoms with Crippen molar-refractivity contribution in [2.24, 2.45) is 0 Å². The van der Waals surface area contributed by atoms with Crippen molar-refractivity contribution in [2.45, 2.75) is 13.3 Å². The highest BCUT2D eigenvalue weighted by atomic mass is 16.2. The molecule has 1 aliphatic rings. The lowest BCUT2D eigenvalue weighted by molar-refractivity contribution is 0.208. The Hall–Kier alpha value is -0.810. The third-order valence-corrected chi connectivity index (χ3v) is 2.96. The van der Waals surface area contributed by atoms with Gasteiger partial charge in [0.05, 0.1) is 0 Å². The normalized spacial score (nSPS) is 17.1. The number of carbonyl (C=O) groups excluding carboxylic acids is 1. The molecule has 1 fully saturated rings. The molecular formula is C11H24N4O. The molecule has 0 aromatic heterocycles. The number of carbonyl (C=O) groups is 1. The maximum Gasteiger partial charge on any atom is 0.317 e. The highest BCUT2D eigenvalue weighted by Gasteiger charge is 2.09. The van der Waals surface area contributed by atoms with E-state index in [0.717, 1.165) is 52.2 Å². The maximum absolute atomic E-state index is 11.4. The van der Waals surface area contributed by atoms with Gasteiger partial charge in [0.1, 0.15) is 0 Å². The smallest absolute Gasteiger partial charge is 0.317 e. The first-order valence-electron chi connectivity index (χ1n) is 6.16. The van der Waals surface area contributed by atoms with Crippen molar-refractivity contribution in [1.29, 1.82) is 0 Å². The van der Waals surface area contributed by atoms with Gasteiger partial charge in [-0.3, -0.25) is 0 Å². The van der Waals surface area contributed by atoms with Crippen LogP contribution in [0.4, 0.5) is 4.79 Å². The van der Waals surface area contributed by atoms with Crippen LogP contribution in [0.15, 0.2) is 0 Å². The molecule has 0 bridgehead atoms. The van der Waals surface area contributed by atoms with Gasteiger partial charge < -0.3 is 20.4 Å². The van der Waals surface area contributed by atoms with Crippen molar-refractivity contribution in [2.75, 3.05) is 52.9 Å². The molecule has 0 radical (unpaired) electrons. The molecule has 0 aromatic rings. The highest BCUT2D eigenvalue weighted by molar-refractivity contribution is 5.73. The molecule has 5 heteroatoms. The number of hydrogen-bond acceptors (Lipinski definition) is 3. The number of nitrogens with one attached hydrogen (secondary N) is 2. The summed E-state index contributed by atoms with van der Waals surface area (Å²) >= 11 is 0. The Balaban J connectivity index is 2.00. The van der Waals surface area contributed by atoms with Gasteiger partial charge in [-0.1, -0.05) is 0 Å². The summed E-state index contributed by atoms with van der Waals surface area (Å²) in [6.45, 7) is 9.01. The molecule has 2 amide bonds. The molecule has 1 aliphatic heterocycles. The topological polar surface area (TPSA) is 47.6 Å². The van der Waals surface area contributed by atoms with E-state index in [0.29, 0.717) is 0 Å². The van der Waals surface area contributed by atoms with Crippen molar-refractivity contribution in [1.82, 2.24) is 20.4 Å². The van der Waals surface area contributed by atoms with Crippen LogP contribution in [0.1, 0.15) is 13.3 Å². The number of piperazine rings is 1. The molecule has 0 unspecified atom stereocenters. The molecule has 2 N–H and O–H groups in total. The molecule has 0 atom stereocenters. The summed E-state index contributed by atoms with van der Waals surface area (Å²) in [7, 11) is 1.81. The van der Waals surface area contributed by atoms with Crippen LogP contribution < -0.4 is 10.6 Å². The zero-order valence-corrected chi connectivity index (χ0v) is 10.5. The van der Waals surface area contributed by atoms with Gasteiger partial charge in [-0.25, -0.2) is 4.79 Å². The van der Waals surface area contributed by atoms with E-state index in [2.05, 4.69) is 15.5 Å². The van der Waals surface area contributed by atoms with Gasteiger partial charge in [-0.15, -0.1) is 0 Å². The van der Waals surface area contributed by atoms with E-state index in [1.54, 1.807) is 4.90 Å². The predicted octanol–water partition coefficient (Wildman–Crippen LogP) is -0.0570. The van der Waals surface area contributed by atoms with Crippen LogP contribution in [0.25, 0.3) is 0 Å². The summed E-state index contributed by atoms with van der Waals surface area (Å²) in [5.41, 5.74) is 0. The second kappa shape index (κ2) is 7.46. The molecule has 0 aliphatic carbocycles. The maximum atomic E-state index is 11.4. The Labute approximate surface area is 98.2 Å². The van der Waals surface area contributed by atoms with Crippen LogP contribution in [0.3, 0.4) is 0 Å². The van der Waals surface area contributed by atoms with Gasteiger partial charge in [-0.2, -0.15) is 0 Å². The summed E-state index contributed by atoms with van der Waals surface area (Å²) in [6, 6.07) is 0.0304. The Morgan fingerprint density at radius 1 is 1.44 bits per heavy atom. The number of nitrogens with zero attached hydrogens (tertiary/aromatic N) is 2. The fourth-order valence-corrected chi connectivity index (χ4v) is 1.71. The van der Waals surface area contributed by atoms with Crippen LogP contribution in [0.2, 0.25) is 0 Å². The molecular weight excluding hydrogens is 204 g/mol. The molecule has 16 heavy (non-hydrogen) atoms. The first kappa shape index (κ1) is 13.3. The van der Waals surface area contributed by atoms with E-state index in [-0.39, 0.29) is 6.03 Å². The van der Waals surface area contributed by atoms with E-state index < -0.39 is 0 Å². The first-order valence-corrected chi connectivity index (χ1v) is 6.16. The summed E-state index contributed by atoms with van der Waals surface area (Å²) in [5, 5.41) is 6.25. The van der Waals surface area contributed by atoms with Crippen LogP contribution >= 0.6 is 0 Å². The van der Waals surface area contributed by atoms with E-state index >= 15 is 0 Å². The average molecular weight is 228 g/mol. The van der Waals surface area contributed by atoms with Crippen molar-refractivity contribution in [3.8, 4) is 0 Å². The second-order valence-electron chi connectivity index (χ2n) is 4.19. The standard InChI is InChI=1S/C11H24N4O/c1-3-14(2)11(16)13-5-4-8-15-9-6-12-7-10-15/h12H,3-10H2,1-2H3,(H,13,16). The molecule has 0 aromatic carbocycles. The van der Waals surface area contributed by atoms with Gasteiger partial charge in [0.25, 0.3) is 0 Å². The van der Waals surface area contributed by atoms with Gasteiger partial charge in [0, 0.05) is 46.3 Å². The van der Waals surface area contributed by atoms with Gasteiger partial charge in [0.15, 0.2) is 0 Å². The van der Waals surface area contributed by atoms with Crippen molar-refractivity contribution < 1.29 is 4.79 Å². The summed E-state index contributed by atoms with van der Waals surface area (Å²) < 4.78 is 0. The van der Waals surface area contributed by atoms with Crippen LogP contribution in [0.5, 0.6) is 0 Å². The second-order valence-corrected chi connectivity index (χ2v) is 4.19. The van der Waals surface area contributed by atoms with Gasteiger partial charge >= 0.3 is 6.03 Å². The molecule has 1 saturated heterocycles. The molecule has 94 valence electrons. The van der Waals surface area contributed by atoms with Gasteiger partial charge in [-0.05, 0) is 19.9 Å². The largest absolute Gasteiger partial charge is 0.338 e. The van der Waals surface area contributed by atoms with Crippen LogP contribution in [-0.2, 0) is 0 Å². The number of amides is 2. The zero-order chi connectivity index (χ0) is 11.8. The minimum absolute atomic E-state index is 0.0304. The Morgan fingerprint density at radius 2 is 2.12 bits per heavy atom. The van der Waals surface area contributed by atoms with Crippen LogP contribution in [-0.4, -0.2) is 68.7 Å². The molecule has 1 heterocycles. The molecule has 0 spiro atoms. The summed E-state index contributed by atoms with van der Waals surface area (Å²) in [6.07, 6.45) is 1.03. The Kier molecular flexibility index (Phi) is 6.18. The Bertz CT molecular complexity index is 204. The number of urea groups is 1. The van der Waals surface area contributed by atoms with E-state index in [4.69, 9.17) is 0 Å². The monoisotopic (exact) mass is 228 g/mol. The average Bonchev–Trinajstić information content (AvgIpc) is 2.34. The molecule has 0 saturated carbocycles. The SMILES string of the molecule is CCN(C)C(=O)NCCCN1CCNCC1. The first-order chi connectivity index (χ1) is 7.74. The van der Waals surface area contributed by atoms with E-state index in [1.807, 2.05) is 14.0 Å². The Morgan fingerprint density at radius 3 is 2.75 bits per heavy atom. The third kappa shape index (κ3) is 4.81. The summed E-state index contributed by atoms with van der Waals surface area (Å²) in [4.78, 5) is 15.5. The van der Waals surface area contributed by atoms with Gasteiger partial charge in [0.2, 0.25) is 0 Å². The van der Waals surface area contributed by atoms with Crippen molar-refractivity contribution >= 4 is 6.03 Å². The van der Waals surface area contributed by atoms with Crippen LogP contribution in [0, 0.1) is 0 Å². The lowest BCUT2D eigenvalue weighted by Gasteiger charge is -2.27. The minimum Gasteiger partial charge on any atom is -0.338 e. The zero-order valence-electron chi connectivity index (χ0n) is 10.5. The lowest BCUT2D eigenvalue weighted by atomic mass is 10.3. The van der Waals surface area contributed by atoms with E-state index in [9.17, 15) is 4.79 Å². The fraction of sp³-hybridized carbons (Fsp3) is 0.909. The van der Waals surface area contributed by atoms with Crippen molar-refractivity contribution in [3.05, 3.63) is 0 Å². The number of hydrogen-bond donors (Lipinski definition) is 2. The lowest BCUT2D eigenvalue weighted by Crippen LogP contribution is -2.44. The summed E-state index contributed by atoms with van der Waals surface area (Å²) in [5.74, 6) is 0. The highest BCUT2D eigenvalue weighted by Crippen LogP contribution is 1.93.